The lowest BCUT2D eigenvalue weighted by Gasteiger charge is -2.10. The molecule has 2 aromatic rings. The van der Waals surface area contributed by atoms with E-state index in [2.05, 4.69) is 27.7 Å². The summed E-state index contributed by atoms with van der Waals surface area (Å²) in [4.78, 5) is 10.6. The van der Waals surface area contributed by atoms with Gasteiger partial charge in [-0.05, 0) is 42.3 Å². The zero-order valence-corrected chi connectivity index (χ0v) is 11.2. The van der Waals surface area contributed by atoms with E-state index in [4.69, 9.17) is 5.11 Å². The van der Waals surface area contributed by atoms with Crippen LogP contribution in [0.3, 0.4) is 0 Å². The maximum absolute atomic E-state index is 10.6. The molecular weight excluding hydrogens is 244 g/mol. The number of aliphatic carboxylic acids is 1. The molecule has 0 aliphatic carbocycles. The number of hydrogen-bond acceptors (Lipinski definition) is 4. The van der Waals surface area contributed by atoms with E-state index < -0.39 is 5.97 Å². The minimum absolute atomic E-state index is 0.00198. The molecule has 0 unspecified atom stereocenters. The Labute approximate surface area is 111 Å². The van der Waals surface area contributed by atoms with Crippen molar-refractivity contribution in [2.45, 2.75) is 33.7 Å². The molecule has 0 saturated heterocycles. The van der Waals surface area contributed by atoms with Gasteiger partial charge in [0.25, 0.3) is 0 Å². The number of aryl methyl sites for hydroxylation is 4. The number of carboxylic acids is 1. The Morgan fingerprint density at radius 2 is 1.89 bits per heavy atom. The van der Waals surface area contributed by atoms with Crippen LogP contribution in [-0.4, -0.2) is 31.3 Å². The summed E-state index contributed by atoms with van der Waals surface area (Å²) in [6.07, 6.45) is 0.00198. The predicted molar refractivity (Wildman–Crippen MR) is 69.7 cm³/mol. The van der Waals surface area contributed by atoms with Crippen molar-refractivity contribution >= 4 is 5.97 Å². The van der Waals surface area contributed by atoms with Gasteiger partial charge in [-0.25, -0.2) is 4.68 Å². The lowest BCUT2D eigenvalue weighted by molar-refractivity contribution is -0.137. The monoisotopic (exact) mass is 260 g/mol. The summed E-state index contributed by atoms with van der Waals surface area (Å²) in [6.45, 7) is 6.32. The lowest BCUT2D eigenvalue weighted by atomic mass is 9.99. The molecule has 0 aliphatic rings. The molecule has 0 spiro atoms. The van der Waals surface area contributed by atoms with Gasteiger partial charge in [-0.2, -0.15) is 0 Å². The third kappa shape index (κ3) is 2.78. The third-order valence-corrected chi connectivity index (χ3v) is 2.97. The van der Waals surface area contributed by atoms with Gasteiger partial charge in [-0.15, -0.1) is 5.10 Å². The zero-order valence-electron chi connectivity index (χ0n) is 11.2. The first kappa shape index (κ1) is 13.2. The predicted octanol–water partition coefficient (Wildman–Crippen LogP) is 1.74. The highest BCUT2D eigenvalue weighted by Gasteiger charge is 2.15. The minimum Gasteiger partial charge on any atom is -0.481 e. The van der Waals surface area contributed by atoms with E-state index >= 15 is 0 Å². The number of tetrazole rings is 1. The molecule has 1 heterocycles. The summed E-state index contributed by atoms with van der Waals surface area (Å²) in [7, 11) is 0. The number of aromatic nitrogens is 4. The first-order valence-corrected chi connectivity index (χ1v) is 6.05. The van der Waals surface area contributed by atoms with E-state index in [0.29, 0.717) is 5.82 Å². The summed E-state index contributed by atoms with van der Waals surface area (Å²) >= 11 is 0. The second-order valence-electron chi connectivity index (χ2n) is 4.64. The second kappa shape index (κ2) is 5.17. The summed E-state index contributed by atoms with van der Waals surface area (Å²) in [5.74, 6) is -0.241. The van der Waals surface area contributed by atoms with Gasteiger partial charge in [0.15, 0.2) is 5.82 Å². The first-order chi connectivity index (χ1) is 8.99. The van der Waals surface area contributed by atoms with Crippen molar-refractivity contribution in [3.8, 4) is 11.4 Å². The Morgan fingerprint density at radius 1 is 1.26 bits per heavy atom. The van der Waals surface area contributed by atoms with E-state index in [0.717, 1.165) is 16.7 Å². The molecule has 2 rings (SSSR count). The molecule has 0 fully saturated rings. The Morgan fingerprint density at radius 3 is 2.47 bits per heavy atom. The maximum atomic E-state index is 10.6. The highest BCUT2D eigenvalue weighted by atomic mass is 16.4. The van der Waals surface area contributed by atoms with Crippen LogP contribution < -0.4 is 0 Å². The number of nitrogens with zero attached hydrogens (tertiary/aromatic N) is 4. The Kier molecular flexibility index (Phi) is 3.59. The SMILES string of the molecule is Cc1cc(C)c(-c2nnnn2CCC(=O)O)c(C)c1. The van der Waals surface area contributed by atoms with Gasteiger partial charge in [0, 0.05) is 5.56 Å². The molecule has 1 aromatic heterocycles. The summed E-state index contributed by atoms with van der Waals surface area (Å²) < 4.78 is 1.54. The van der Waals surface area contributed by atoms with Crippen molar-refractivity contribution < 1.29 is 9.90 Å². The largest absolute Gasteiger partial charge is 0.481 e. The van der Waals surface area contributed by atoms with Gasteiger partial charge in [-0.3, -0.25) is 4.79 Å². The van der Waals surface area contributed by atoms with Crippen molar-refractivity contribution in [2.75, 3.05) is 0 Å². The molecule has 0 aliphatic heterocycles. The van der Waals surface area contributed by atoms with Gasteiger partial charge in [-0.1, -0.05) is 17.7 Å². The fourth-order valence-corrected chi connectivity index (χ4v) is 2.27. The van der Waals surface area contributed by atoms with Crippen molar-refractivity contribution in [2.24, 2.45) is 0 Å². The molecular formula is C13H16N4O2. The molecule has 0 saturated carbocycles. The fourth-order valence-electron chi connectivity index (χ4n) is 2.27. The standard InChI is InChI=1S/C13H16N4O2/c1-8-6-9(2)12(10(3)7-8)13-14-15-16-17(13)5-4-11(18)19/h6-7H,4-5H2,1-3H3,(H,18,19). The van der Waals surface area contributed by atoms with Gasteiger partial charge in [0.2, 0.25) is 0 Å². The normalized spacial score (nSPS) is 10.7. The smallest absolute Gasteiger partial charge is 0.305 e. The number of carbonyl (C=O) groups is 1. The summed E-state index contributed by atoms with van der Waals surface area (Å²) in [5, 5.41) is 20.3. The molecule has 0 atom stereocenters. The van der Waals surface area contributed by atoms with Crippen LogP contribution >= 0.6 is 0 Å². The molecule has 1 N–H and O–H groups in total. The van der Waals surface area contributed by atoms with E-state index in [1.807, 2.05) is 20.8 Å². The maximum Gasteiger partial charge on any atom is 0.305 e. The third-order valence-electron chi connectivity index (χ3n) is 2.97. The van der Waals surface area contributed by atoms with Crippen molar-refractivity contribution in [1.29, 1.82) is 0 Å². The number of hydrogen-bond donors (Lipinski definition) is 1. The van der Waals surface area contributed by atoms with Crippen LogP contribution in [0.2, 0.25) is 0 Å². The van der Waals surface area contributed by atoms with Crippen LogP contribution in [0.1, 0.15) is 23.1 Å². The van der Waals surface area contributed by atoms with Crippen LogP contribution in [-0.2, 0) is 11.3 Å². The average molecular weight is 260 g/mol. The molecule has 100 valence electrons. The van der Waals surface area contributed by atoms with E-state index in [1.54, 1.807) is 4.68 Å². The van der Waals surface area contributed by atoms with Crippen LogP contribution in [0.15, 0.2) is 12.1 Å². The molecule has 19 heavy (non-hydrogen) atoms. The minimum atomic E-state index is -0.862. The van der Waals surface area contributed by atoms with Crippen molar-refractivity contribution in [1.82, 2.24) is 20.2 Å². The Balaban J connectivity index is 2.43. The first-order valence-electron chi connectivity index (χ1n) is 6.05. The molecule has 6 nitrogen and oxygen atoms in total. The van der Waals surface area contributed by atoms with Crippen LogP contribution in [0.4, 0.5) is 0 Å². The number of benzene rings is 1. The molecule has 6 heteroatoms. The summed E-state index contributed by atoms with van der Waals surface area (Å²) in [5.41, 5.74) is 4.33. The van der Waals surface area contributed by atoms with Crippen molar-refractivity contribution in [3.63, 3.8) is 0 Å². The van der Waals surface area contributed by atoms with Crippen LogP contribution in [0.5, 0.6) is 0 Å². The van der Waals surface area contributed by atoms with E-state index in [9.17, 15) is 4.79 Å². The van der Waals surface area contributed by atoms with Gasteiger partial charge in [0.05, 0.1) is 13.0 Å². The molecule has 0 bridgehead atoms. The number of carboxylic acid groups (broad SMARTS) is 1. The highest BCUT2D eigenvalue weighted by Crippen LogP contribution is 2.26. The molecule has 0 radical (unpaired) electrons. The average Bonchev–Trinajstić information content (AvgIpc) is 2.73. The van der Waals surface area contributed by atoms with Gasteiger partial charge in [0.1, 0.15) is 0 Å². The zero-order chi connectivity index (χ0) is 14.0. The highest BCUT2D eigenvalue weighted by molar-refractivity contribution is 5.67. The molecule has 0 amide bonds. The topological polar surface area (TPSA) is 80.9 Å². The lowest BCUT2D eigenvalue weighted by Crippen LogP contribution is -2.08. The summed E-state index contributed by atoms with van der Waals surface area (Å²) in [6, 6.07) is 4.14. The van der Waals surface area contributed by atoms with E-state index in [1.165, 1.54) is 5.56 Å². The van der Waals surface area contributed by atoms with Crippen LogP contribution in [0.25, 0.3) is 11.4 Å². The van der Waals surface area contributed by atoms with E-state index in [-0.39, 0.29) is 13.0 Å². The number of rotatable bonds is 4. The quantitative estimate of drug-likeness (QED) is 0.905. The van der Waals surface area contributed by atoms with Gasteiger partial charge >= 0.3 is 5.97 Å². The fraction of sp³-hybridized carbons (Fsp3) is 0.385. The Hall–Kier alpha value is -2.24. The Bertz CT molecular complexity index is 596. The second-order valence-corrected chi connectivity index (χ2v) is 4.64. The van der Waals surface area contributed by atoms with Crippen LogP contribution in [0, 0.1) is 20.8 Å². The van der Waals surface area contributed by atoms with Gasteiger partial charge < -0.3 is 5.11 Å². The molecule has 1 aromatic carbocycles. The van der Waals surface area contributed by atoms with Crippen molar-refractivity contribution in [3.05, 3.63) is 28.8 Å².